The number of furan rings is 1. The number of rotatable bonds is 14. The maximum atomic E-state index is 13.8. The quantitative estimate of drug-likeness (QED) is 0.297. The van der Waals surface area contributed by atoms with Crippen LogP contribution in [0, 0.1) is 6.92 Å². The van der Waals surface area contributed by atoms with E-state index < -0.39 is 0 Å². The lowest BCUT2D eigenvalue weighted by molar-refractivity contribution is -0.141. The molecule has 0 aliphatic carbocycles. The Morgan fingerprint density at radius 3 is 2.29 bits per heavy atom. The van der Waals surface area contributed by atoms with Gasteiger partial charge in [0.25, 0.3) is 0 Å². The third-order valence-corrected chi connectivity index (χ3v) is 7.28. The fraction of sp³-hybridized carbons (Fsp3) is 0.438. The van der Waals surface area contributed by atoms with Gasteiger partial charge in [0.15, 0.2) is 11.5 Å². The molecule has 1 aliphatic rings. The minimum atomic E-state index is -0.122. The van der Waals surface area contributed by atoms with Crippen LogP contribution < -0.4 is 9.47 Å². The fourth-order valence-corrected chi connectivity index (χ4v) is 4.87. The van der Waals surface area contributed by atoms with E-state index in [1.54, 1.807) is 24.0 Å². The van der Waals surface area contributed by atoms with E-state index in [-0.39, 0.29) is 24.8 Å². The van der Waals surface area contributed by atoms with Gasteiger partial charge in [-0.3, -0.25) is 14.5 Å². The molecule has 220 valence electrons. The highest BCUT2D eigenvalue weighted by molar-refractivity contribution is 5.86. The highest BCUT2D eigenvalue weighted by Gasteiger charge is 2.24. The molecule has 1 aliphatic heterocycles. The third-order valence-electron chi connectivity index (χ3n) is 7.28. The van der Waals surface area contributed by atoms with Crippen molar-refractivity contribution in [3.63, 3.8) is 0 Å². The van der Waals surface area contributed by atoms with Crippen LogP contribution in [0.15, 0.2) is 65.1 Å². The Morgan fingerprint density at radius 2 is 1.61 bits per heavy atom. The monoisotopic (exact) mass is 563 g/mol. The highest BCUT2D eigenvalue weighted by Crippen LogP contribution is 2.28. The van der Waals surface area contributed by atoms with Crippen LogP contribution in [-0.4, -0.2) is 93.2 Å². The van der Waals surface area contributed by atoms with E-state index in [0.29, 0.717) is 63.1 Å². The zero-order valence-corrected chi connectivity index (χ0v) is 24.3. The van der Waals surface area contributed by atoms with Crippen molar-refractivity contribution in [2.24, 2.45) is 0 Å². The van der Waals surface area contributed by atoms with Crippen molar-refractivity contribution in [2.75, 3.05) is 66.7 Å². The van der Waals surface area contributed by atoms with Crippen molar-refractivity contribution in [3.8, 4) is 11.5 Å². The van der Waals surface area contributed by atoms with Gasteiger partial charge in [-0.05, 0) is 48.7 Å². The lowest BCUT2D eigenvalue weighted by atomic mass is 10.1. The maximum Gasteiger partial charge on any atom is 0.242 e. The standard InChI is InChI=1S/C32H41N3O6/c1-25-9-11-28(41-25)23-34(14-13-27-10-12-29(38-2)30(21-27)39-3)32(37)24-35(16-15-33-17-19-40-20-18-33)31(36)22-26-7-5-4-6-8-26/h4-12,21H,13-20,22-24H2,1-3H3. The number of hydrogen-bond acceptors (Lipinski definition) is 7. The number of carbonyl (C=O) groups is 2. The van der Waals surface area contributed by atoms with E-state index >= 15 is 0 Å². The van der Waals surface area contributed by atoms with Gasteiger partial charge in [-0.15, -0.1) is 0 Å². The number of amides is 2. The minimum absolute atomic E-state index is 0.00162. The van der Waals surface area contributed by atoms with Gasteiger partial charge in [-0.2, -0.15) is 0 Å². The maximum absolute atomic E-state index is 13.8. The predicted molar refractivity (Wildman–Crippen MR) is 156 cm³/mol. The van der Waals surface area contributed by atoms with Crippen LogP contribution in [0.25, 0.3) is 0 Å². The zero-order chi connectivity index (χ0) is 29.0. The Balaban J connectivity index is 1.48. The fourth-order valence-electron chi connectivity index (χ4n) is 4.87. The summed E-state index contributed by atoms with van der Waals surface area (Å²) >= 11 is 0. The van der Waals surface area contributed by atoms with Crippen molar-refractivity contribution in [1.29, 1.82) is 0 Å². The first kappa shape index (κ1) is 30.1. The molecular weight excluding hydrogens is 522 g/mol. The summed E-state index contributed by atoms with van der Waals surface area (Å²) in [5.41, 5.74) is 1.94. The molecule has 0 bridgehead atoms. The summed E-state index contributed by atoms with van der Waals surface area (Å²) in [7, 11) is 3.21. The summed E-state index contributed by atoms with van der Waals surface area (Å²) in [5, 5.41) is 0. The number of methoxy groups -OCH3 is 2. The SMILES string of the molecule is COc1ccc(CCN(Cc2ccc(C)o2)C(=O)CN(CCN2CCOCC2)C(=O)Cc2ccccc2)cc1OC. The molecule has 0 spiro atoms. The van der Waals surface area contributed by atoms with Crippen LogP contribution in [-0.2, 0) is 33.7 Å². The average Bonchev–Trinajstić information content (AvgIpc) is 3.42. The third kappa shape index (κ3) is 9.09. The molecule has 4 rings (SSSR count). The molecule has 2 amide bonds. The summed E-state index contributed by atoms with van der Waals surface area (Å²) in [6.07, 6.45) is 0.859. The largest absolute Gasteiger partial charge is 0.493 e. The molecule has 0 N–H and O–H groups in total. The zero-order valence-electron chi connectivity index (χ0n) is 24.3. The average molecular weight is 564 g/mol. The Labute approximate surface area is 242 Å². The van der Waals surface area contributed by atoms with E-state index in [1.807, 2.05) is 67.6 Å². The molecule has 1 aromatic heterocycles. The van der Waals surface area contributed by atoms with E-state index in [0.717, 1.165) is 30.0 Å². The molecule has 0 unspecified atom stereocenters. The number of nitrogens with zero attached hydrogens (tertiary/aromatic N) is 3. The molecule has 0 atom stereocenters. The van der Waals surface area contributed by atoms with Crippen LogP contribution >= 0.6 is 0 Å². The van der Waals surface area contributed by atoms with Gasteiger partial charge in [0, 0.05) is 32.7 Å². The molecule has 9 heteroatoms. The number of aryl methyl sites for hydroxylation is 1. The van der Waals surface area contributed by atoms with Gasteiger partial charge in [0.1, 0.15) is 11.5 Å². The van der Waals surface area contributed by atoms with Crippen LogP contribution in [0.2, 0.25) is 0 Å². The summed E-state index contributed by atoms with van der Waals surface area (Å²) in [6.45, 7) is 6.85. The Hall–Kier alpha value is -3.82. The van der Waals surface area contributed by atoms with Gasteiger partial charge in [-0.1, -0.05) is 36.4 Å². The molecule has 0 saturated carbocycles. The van der Waals surface area contributed by atoms with Crippen molar-refractivity contribution in [3.05, 3.63) is 83.3 Å². The first-order chi connectivity index (χ1) is 19.9. The second-order valence-electron chi connectivity index (χ2n) is 10.2. The molecular formula is C32H41N3O6. The molecule has 1 saturated heterocycles. The lowest BCUT2D eigenvalue weighted by Crippen LogP contribution is -2.47. The van der Waals surface area contributed by atoms with Gasteiger partial charge in [-0.25, -0.2) is 0 Å². The number of carbonyl (C=O) groups excluding carboxylic acids is 2. The van der Waals surface area contributed by atoms with Gasteiger partial charge < -0.3 is 28.4 Å². The van der Waals surface area contributed by atoms with Crippen LogP contribution in [0.5, 0.6) is 11.5 Å². The Morgan fingerprint density at radius 1 is 0.854 bits per heavy atom. The van der Waals surface area contributed by atoms with Crippen molar-refractivity contribution >= 4 is 11.8 Å². The van der Waals surface area contributed by atoms with Crippen LogP contribution in [0.1, 0.15) is 22.6 Å². The number of benzene rings is 2. The number of hydrogen-bond donors (Lipinski definition) is 0. The Bertz CT molecular complexity index is 1260. The minimum Gasteiger partial charge on any atom is -0.493 e. The molecule has 41 heavy (non-hydrogen) atoms. The normalized spacial score (nSPS) is 13.5. The Kier molecular flexibility index (Phi) is 11.2. The highest BCUT2D eigenvalue weighted by atomic mass is 16.5. The van der Waals surface area contributed by atoms with E-state index in [4.69, 9.17) is 18.6 Å². The molecule has 9 nitrogen and oxygen atoms in total. The van der Waals surface area contributed by atoms with E-state index in [2.05, 4.69) is 4.90 Å². The van der Waals surface area contributed by atoms with E-state index in [1.165, 1.54) is 0 Å². The van der Waals surface area contributed by atoms with Crippen LogP contribution in [0.3, 0.4) is 0 Å². The molecule has 0 radical (unpaired) electrons. The number of morpholine rings is 1. The summed E-state index contributed by atoms with van der Waals surface area (Å²) in [4.78, 5) is 33.1. The number of ether oxygens (including phenoxy) is 3. The molecule has 3 aromatic rings. The van der Waals surface area contributed by atoms with Gasteiger partial charge >= 0.3 is 0 Å². The second-order valence-corrected chi connectivity index (χ2v) is 10.2. The van der Waals surface area contributed by atoms with E-state index in [9.17, 15) is 9.59 Å². The molecule has 2 heterocycles. The van der Waals surface area contributed by atoms with Crippen molar-refractivity contribution in [2.45, 2.75) is 26.3 Å². The lowest BCUT2D eigenvalue weighted by Gasteiger charge is -2.31. The topological polar surface area (TPSA) is 84.7 Å². The van der Waals surface area contributed by atoms with Crippen molar-refractivity contribution < 1.29 is 28.2 Å². The second kappa shape index (κ2) is 15.3. The smallest absolute Gasteiger partial charge is 0.242 e. The predicted octanol–water partition coefficient (Wildman–Crippen LogP) is 3.58. The first-order valence-electron chi connectivity index (χ1n) is 14.1. The first-order valence-corrected chi connectivity index (χ1v) is 14.1. The van der Waals surface area contributed by atoms with Gasteiger partial charge in [0.2, 0.25) is 11.8 Å². The summed E-state index contributed by atoms with van der Waals surface area (Å²) in [5.74, 6) is 2.61. The summed E-state index contributed by atoms with van der Waals surface area (Å²) < 4.78 is 22.1. The van der Waals surface area contributed by atoms with Crippen molar-refractivity contribution in [1.82, 2.24) is 14.7 Å². The summed E-state index contributed by atoms with van der Waals surface area (Å²) in [6, 6.07) is 19.2. The molecule has 2 aromatic carbocycles. The molecule has 1 fully saturated rings. The van der Waals surface area contributed by atoms with Gasteiger partial charge in [0.05, 0.1) is 46.9 Å². The van der Waals surface area contributed by atoms with Crippen LogP contribution in [0.4, 0.5) is 0 Å².